The quantitative estimate of drug-likeness (QED) is 0.367. The Balaban J connectivity index is 1.77. The fourth-order valence-electron chi connectivity index (χ4n) is 2.83. The van der Waals surface area contributed by atoms with Crippen molar-refractivity contribution < 1.29 is 42.8 Å². The molecule has 0 amide bonds. The number of rotatable bonds is 12. The maximum atomic E-state index is 12.0. The third-order valence-electron chi connectivity index (χ3n) is 5.30. The molecular formula is C21H24O9. The van der Waals surface area contributed by atoms with E-state index in [1.165, 1.54) is 0 Å². The van der Waals surface area contributed by atoms with Gasteiger partial charge in [0.25, 0.3) is 0 Å². The van der Waals surface area contributed by atoms with Crippen molar-refractivity contribution >= 4 is 18.9 Å². The molecule has 9 heteroatoms. The number of hydrogen-bond donors (Lipinski definition) is 0. The summed E-state index contributed by atoms with van der Waals surface area (Å²) in [4.78, 5) is 36.0. The molecule has 0 bridgehead atoms. The van der Waals surface area contributed by atoms with Crippen LogP contribution in [0, 0.1) is 0 Å². The van der Waals surface area contributed by atoms with E-state index < -0.39 is 16.8 Å². The van der Waals surface area contributed by atoms with Crippen molar-refractivity contribution in [2.24, 2.45) is 0 Å². The van der Waals surface area contributed by atoms with Crippen LogP contribution < -0.4 is 14.2 Å². The summed E-state index contributed by atoms with van der Waals surface area (Å²) in [6, 6.07) is 0. The van der Waals surface area contributed by atoms with Crippen LogP contribution in [0.1, 0.15) is 51.8 Å². The summed E-state index contributed by atoms with van der Waals surface area (Å²) < 4.78 is 33.4. The van der Waals surface area contributed by atoms with E-state index in [4.69, 9.17) is 28.4 Å². The lowest BCUT2D eigenvalue weighted by atomic mass is 10.0. The van der Waals surface area contributed by atoms with Gasteiger partial charge >= 0.3 is 0 Å². The first-order valence-corrected chi connectivity index (χ1v) is 9.65. The van der Waals surface area contributed by atoms with Gasteiger partial charge in [-0.3, -0.25) is 14.4 Å². The van der Waals surface area contributed by atoms with Crippen molar-refractivity contribution in [1.29, 1.82) is 0 Å². The summed E-state index contributed by atoms with van der Waals surface area (Å²) >= 11 is 0. The van der Waals surface area contributed by atoms with Crippen LogP contribution >= 0.6 is 0 Å². The molecule has 0 aromatic heterocycles. The van der Waals surface area contributed by atoms with E-state index in [1.807, 2.05) is 20.8 Å². The standard InChI is InChI=1S/C21H24O9/c1-19(10-28-19)7-25-16-13(4-22)17(26-8-20(2)11-29-20)15(6-24)18(14(16)5-23)27-9-21(3)12-30-21/h4-6H,7-12H2,1-3H3. The molecule has 3 fully saturated rings. The lowest BCUT2D eigenvalue weighted by molar-refractivity contribution is 0.109. The zero-order chi connectivity index (χ0) is 21.6. The van der Waals surface area contributed by atoms with Gasteiger partial charge in [0.05, 0.1) is 19.8 Å². The van der Waals surface area contributed by atoms with Crippen LogP contribution in [-0.4, -0.2) is 75.3 Å². The molecule has 0 radical (unpaired) electrons. The van der Waals surface area contributed by atoms with Crippen molar-refractivity contribution in [2.75, 3.05) is 39.6 Å². The number of ether oxygens (including phenoxy) is 6. The minimum atomic E-state index is -0.490. The van der Waals surface area contributed by atoms with E-state index in [2.05, 4.69) is 0 Å². The zero-order valence-corrected chi connectivity index (χ0v) is 17.1. The van der Waals surface area contributed by atoms with E-state index in [-0.39, 0.29) is 53.8 Å². The summed E-state index contributed by atoms with van der Waals surface area (Å²) in [6.45, 7) is 7.41. The van der Waals surface area contributed by atoms with Gasteiger partial charge in [-0.1, -0.05) is 0 Å². The van der Waals surface area contributed by atoms with Crippen molar-refractivity contribution in [1.82, 2.24) is 0 Å². The van der Waals surface area contributed by atoms with Crippen LogP contribution in [-0.2, 0) is 14.2 Å². The number of hydrogen-bond acceptors (Lipinski definition) is 9. The van der Waals surface area contributed by atoms with Gasteiger partial charge in [0, 0.05) is 0 Å². The fourth-order valence-corrected chi connectivity index (χ4v) is 2.83. The van der Waals surface area contributed by atoms with Gasteiger partial charge in [0.2, 0.25) is 0 Å². The fraction of sp³-hybridized carbons (Fsp3) is 0.571. The van der Waals surface area contributed by atoms with Crippen LogP contribution in [0.2, 0.25) is 0 Å². The van der Waals surface area contributed by atoms with Crippen LogP contribution in [0.15, 0.2) is 0 Å². The second-order valence-electron chi connectivity index (χ2n) is 8.66. The third-order valence-corrected chi connectivity index (χ3v) is 5.30. The van der Waals surface area contributed by atoms with Crippen molar-refractivity contribution in [3.63, 3.8) is 0 Å². The van der Waals surface area contributed by atoms with Gasteiger partial charge in [-0.05, 0) is 20.8 Å². The molecule has 30 heavy (non-hydrogen) atoms. The van der Waals surface area contributed by atoms with Gasteiger partial charge in [0.1, 0.15) is 70.6 Å². The number of carbonyl (C=O) groups is 3. The Kier molecular flexibility index (Phi) is 5.08. The van der Waals surface area contributed by atoms with E-state index in [0.717, 1.165) is 0 Å². The first-order chi connectivity index (χ1) is 14.3. The largest absolute Gasteiger partial charge is 0.489 e. The maximum absolute atomic E-state index is 12.0. The SMILES string of the molecule is CC1(COc2c(C=O)c(OCC3(C)CO3)c(C=O)c(OCC3(C)CO3)c2C=O)CO1. The Morgan fingerprint density at radius 3 is 1.03 bits per heavy atom. The Labute approximate surface area is 173 Å². The van der Waals surface area contributed by atoms with Crippen LogP contribution in [0.4, 0.5) is 0 Å². The first kappa shape index (κ1) is 20.8. The lowest BCUT2D eigenvalue weighted by Gasteiger charge is -2.22. The predicted molar refractivity (Wildman–Crippen MR) is 102 cm³/mol. The number of aldehydes is 3. The Morgan fingerprint density at radius 2 is 0.867 bits per heavy atom. The summed E-state index contributed by atoms with van der Waals surface area (Å²) in [7, 11) is 0. The molecule has 0 spiro atoms. The Bertz CT molecular complexity index is 744. The van der Waals surface area contributed by atoms with Crippen LogP contribution in [0.5, 0.6) is 17.2 Å². The van der Waals surface area contributed by atoms with E-state index in [9.17, 15) is 14.4 Å². The Morgan fingerprint density at radius 1 is 0.633 bits per heavy atom. The molecule has 3 atom stereocenters. The minimum absolute atomic E-state index is 0.00365. The first-order valence-electron chi connectivity index (χ1n) is 9.65. The zero-order valence-electron chi connectivity index (χ0n) is 17.1. The molecule has 3 heterocycles. The molecule has 1 aromatic rings. The molecule has 3 aliphatic rings. The summed E-state index contributed by atoms with van der Waals surface area (Å²) in [5.41, 5.74) is -1.57. The van der Waals surface area contributed by atoms with Gasteiger partial charge in [-0.15, -0.1) is 0 Å². The molecule has 3 saturated heterocycles. The normalized spacial score (nSPS) is 30.9. The Hall–Kier alpha value is -2.49. The van der Waals surface area contributed by atoms with E-state index >= 15 is 0 Å². The molecule has 0 saturated carbocycles. The predicted octanol–water partition coefficient (Wildman–Crippen LogP) is 1.63. The van der Waals surface area contributed by atoms with Crippen molar-refractivity contribution in [3.8, 4) is 17.2 Å². The highest BCUT2D eigenvalue weighted by Crippen LogP contribution is 2.44. The van der Waals surface area contributed by atoms with Gasteiger partial charge in [-0.25, -0.2) is 0 Å². The maximum Gasteiger partial charge on any atom is 0.157 e. The summed E-state index contributed by atoms with van der Waals surface area (Å²) in [6.07, 6.45) is 1.52. The van der Waals surface area contributed by atoms with Crippen molar-refractivity contribution in [2.45, 2.75) is 37.6 Å². The molecule has 3 aliphatic heterocycles. The molecule has 9 nitrogen and oxygen atoms in total. The molecular weight excluding hydrogens is 396 g/mol. The lowest BCUT2D eigenvalue weighted by Crippen LogP contribution is -2.23. The smallest absolute Gasteiger partial charge is 0.157 e. The molecule has 0 aliphatic carbocycles. The van der Waals surface area contributed by atoms with Gasteiger partial charge in [0.15, 0.2) is 18.9 Å². The highest BCUT2D eigenvalue weighted by molar-refractivity contribution is 6.01. The average Bonchev–Trinajstić information content (AvgIpc) is 3.66. The molecule has 162 valence electrons. The van der Waals surface area contributed by atoms with Crippen molar-refractivity contribution in [3.05, 3.63) is 16.7 Å². The van der Waals surface area contributed by atoms with Gasteiger partial charge in [-0.2, -0.15) is 0 Å². The molecule has 3 unspecified atom stereocenters. The second kappa shape index (κ2) is 7.33. The summed E-state index contributed by atoms with van der Waals surface area (Å²) in [5.74, 6) is -0.0109. The number of epoxide rings is 3. The summed E-state index contributed by atoms with van der Waals surface area (Å²) in [5, 5.41) is 0. The van der Waals surface area contributed by atoms with Crippen LogP contribution in [0.25, 0.3) is 0 Å². The molecule has 1 aromatic carbocycles. The van der Waals surface area contributed by atoms with E-state index in [0.29, 0.717) is 38.7 Å². The van der Waals surface area contributed by atoms with Crippen LogP contribution in [0.3, 0.4) is 0 Å². The highest BCUT2D eigenvalue weighted by atomic mass is 16.6. The molecule has 4 rings (SSSR count). The second-order valence-corrected chi connectivity index (χ2v) is 8.66. The number of carbonyl (C=O) groups excluding carboxylic acids is 3. The third kappa shape index (κ3) is 4.19. The van der Waals surface area contributed by atoms with Gasteiger partial charge < -0.3 is 28.4 Å². The average molecular weight is 420 g/mol. The minimum Gasteiger partial charge on any atom is -0.489 e. The number of benzene rings is 1. The topological polar surface area (TPSA) is 116 Å². The highest BCUT2D eigenvalue weighted by Gasteiger charge is 2.44. The molecule has 0 N–H and O–H groups in total. The monoisotopic (exact) mass is 420 g/mol. The van der Waals surface area contributed by atoms with E-state index in [1.54, 1.807) is 0 Å².